The molecule has 0 saturated heterocycles. The number of carboxylic acid groups (broad SMARTS) is 2. The molecule has 2 unspecified atom stereocenters. The average Bonchev–Trinajstić information content (AvgIpc) is 3.04. The molecule has 0 amide bonds. The second kappa shape index (κ2) is 18.8. The molecule has 2 atom stereocenters. The second-order valence-electron chi connectivity index (χ2n) is 10.4. The Balaban J connectivity index is 0.000000270. The largest absolute Gasteiger partial charge is 0.479 e. The Morgan fingerprint density at radius 1 is 0.680 bits per heavy atom. The topological polar surface area (TPSA) is 93.1 Å². The number of hydrogen-bond donors (Lipinski definition) is 2. The van der Waals surface area contributed by atoms with Gasteiger partial charge in [-0.1, -0.05) is 35.9 Å². The van der Waals surface area contributed by atoms with Crippen molar-refractivity contribution in [3.05, 3.63) is 119 Å². The van der Waals surface area contributed by atoms with Gasteiger partial charge in [0.2, 0.25) is 0 Å². The lowest BCUT2D eigenvalue weighted by Crippen LogP contribution is -2.27. The normalized spacial score (nSPS) is 12.6. The van der Waals surface area contributed by atoms with Gasteiger partial charge in [-0.05, 0) is 85.3 Å². The van der Waals surface area contributed by atoms with Crippen LogP contribution in [0.25, 0.3) is 0 Å². The first-order chi connectivity index (χ1) is 23.5. The lowest BCUT2D eigenvalue weighted by molar-refractivity contribution is -0.146. The van der Waals surface area contributed by atoms with Crippen LogP contribution in [0.3, 0.4) is 0 Å². The van der Waals surface area contributed by atoms with E-state index in [0.29, 0.717) is 16.5 Å². The van der Waals surface area contributed by atoms with Crippen LogP contribution < -0.4 is 9.47 Å². The van der Waals surface area contributed by atoms with Crippen LogP contribution in [0.15, 0.2) is 107 Å². The molecule has 0 radical (unpaired) electrons. The van der Waals surface area contributed by atoms with E-state index < -0.39 is 47.6 Å². The minimum atomic E-state index is -4.45. The van der Waals surface area contributed by atoms with Gasteiger partial charge in [0.1, 0.15) is 11.5 Å². The summed E-state index contributed by atoms with van der Waals surface area (Å²) < 4.78 is 85.8. The lowest BCUT2D eigenvalue weighted by atomic mass is 10.2. The molecule has 6 nitrogen and oxygen atoms in total. The summed E-state index contributed by atoms with van der Waals surface area (Å²) in [6.45, 7) is 1.97. The van der Waals surface area contributed by atoms with Gasteiger partial charge < -0.3 is 19.7 Å². The SMILES string of the molecule is Cc1ccccc1SCCC(Oc1ccc(C(F)(F)F)cc1)C(=O)O.O=C(O)C(CCSc1cccc(Cl)c1)Oc1ccc(C(F)(F)F)cc1. The molecule has 0 fully saturated rings. The fraction of sp³-hybridized carbons (Fsp3) is 0.257. The summed E-state index contributed by atoms with van der Waals surface area (Å²) in [5, 5.41) is 19.1. The molecule has 4 rings (SSSR count). The third-order valence-electron chi connectivity index (χ3n) is 6.65. The number of carboxylic acids is 2. The maximum Gasteiger partial charge on any atom is 0.416 e. The summed E-state index contributed by atoms with van der Waals surface area (Å²) in [7, 11) is 0. The number of alkyl halides is 6. The van der Waals surface area contributed by atoms with Gasteiger partial charge in [-0.25, -0.2) is 9.59 Å². The average molecular weight is 761 g/mol. The van der Waals surface area contributed by atoms with Crippen molar-refractivity contribution in [3.63, 3.8) is 0 Å². The first-order valence-corrected chi connectivity index (χ1v) is 17.1. The second-order valence-corrected chi connectivity index (χ2v) is 13.2. The quantitative estimate of drug-likeness (QED) is 0.0970. The summed E-state index contributed by atoms with van der Waals surface area (Å²) in [5.41, 5.74) is -0.520. The van der Waals surface area contributed by atoms with Gasteiger partial charge in [0.25, 0.3) is 0 Å². The van der Waals surface area contributed by atoms with Gasteiger partial charge in [-0.15, -0.1) is 23.5 Å². The van der Waals surface area contributed by atoms with Crippen molar-refractivity contribution in [2.45, 2.75) is 54.1 Å². The molecule has 2 N–H and O–H groups in total. The van der Waals surface area contributed by atoms with Crippen LogP contribution in [0, 0.1) is 6.92 Å². The number of rotatable bonds is 14. The Labute approximate surface area is 297 Å². The van der Waals surface area contributed by atoms with E-state index in [1.165, 1.54) is 23.5 Å². The molecule has 0 heterocycles. The highest BCUT2D eigenvalue weighted by Gasteiger charge is 2.31. The zero-order chi connectivity index (χ0) is 36.9. The number of aliphatic carboxylic acids is 2. The number of aryl methyl sites for hydroxylation is 1. The van der Waals surface area contributed by atoms with Crippen molar-refractivity contribution >= 4 is 47.1 Å². The fourth-order valence-corrected chi connectivity index (χ4v) is 6.30. The standard InChI is InChI=1S/C18H17F3O3S.C17H14ClF3O3S/c1-12-4-2-3-5-16(12)25-11-10-15(17(22)23)24-14-8-6-13(7-9-14)18(19,20)21;18-12-2-1-3-14(10-12)25-9-8-15(16(22)23)24-13-6-4-11(5-7-13)17(19,20)21/h2-9,15H,10-11H2,1H3,(H,22,23);1-7,10,15H,8-9H2,(H,22,23). The molecule has 0 aliphatic carbocycles. The first-order valence-electron chi connectivity index (χ1n) is 14.7. The molecule has 0 bridgehead atoms. The van der Waals surface area contributed by atoms with E-state index in [9.17, 15) is 46.1 Å². The van der Waals surface area contributed by atoms with E-state index in [1.807, 2.05) is 37.3 Å². The van der Waals surface area contributed by atoms with Crippen molar-refractivity contribution < 1.29 is 55.6 Å². The predicted octanol–water partition coefficient (Wildman–Crippen LogP) is 10.4. The molecule has 0 aromatic heterocycles. The van der Waals surface area contributed by atoms with Crippen molar-refractivity contribution in [2.24, 2.45) is 0 Å². The van der Waals surface area contributed by atoms with Crippen molar-refractivity contribution in [2.75, 3.05) is 11.5 Å². The summed E-state index contributed by atoms with van der Waals surface area (Å²) >= 11 is 8.81. The molecule has 0 aliphatic rings. The van der Waals surface area contributed by atoms with Gasteiger partial charge in [-0.2, -0.15) is 26.3 Å². The van der Waals surface area contributed by atoms with E-state index in [1.54, 1.807) is 18.2 Å². The monoisotopic (exact) mass is 760 g/mol. The van der Waals surface area contributed by atoms with Crippen LogP contribution in [0.1, 0.15) is 29.5 Å². The van der Waals surface area contributed by atoms with Crippen LogP contribution >= 0.6 is 35.1 Å². The molecule has 0 spiro atoms. The van der Waals surface area contributed by atoms with Crippen molar-refractivity contribution in [1.82, 2.24) is 0 Å². The Hall–Kier alpha value is -4.01. The molecular weight excluding hydrogens is 730 g/mol. The summed E-state index contributed by atoms with van der Waals surface area (Å²) in [5.74, 6) is -1.17. The first kappa shape index (κ1) is 40.4. The molecule has 0 saturated carbocycles. The predicted molar refractivity (Wildman–Crippen MR) is 180 cm³/mol. The van der Waals surface area contributed by atoms with Crippen LogP contribution in [0.2, 0.25) is 5.02 Å². The fourth-order valence-electron chi connectivity index (χ4n) is 4.07. The van der Waals surface area contributed by atoms with Crippen LogP contribution in [-0.2, 0) is 21.9 Å². The zero-order valence-electron chi connectivity index (χ0n) is 26.2. The van der Waals surface area contributed by atoms with E-state index >= 15 is 0 Å². The number of hydrogen-bond acceptors (Lipinski definition) is 6. The molecule has 50 heavy (non-hydrogen) atoms. The number of ether oxygens (including phenoxy) is 2. The highest BCUT2D eigenvalue weighted by Crippen LogP contribution is 2.32. The van der Waals surface area contributed by atoms with E-state index in [-0.39, 0.29) is 24.3 Å². The van der Waals surface area contributed by atoms with Crippen LogP contribution in [0.5, 0.6) is 11.5 Å². The van der Waals surface area contributed by atoms with Crippen molar-refractivity contribution in [3.8, 4) is 11.5 Å². The van der Waals surface area contributed by atoms with E-state index in [4.69, 9.17) is 21.1 Å². The van der Waals surface area contributed by atoms with Gasteiger partial charge in [0, 0.05) is 39.2 Å². The molecular formula is C35H31ClF6O6S2. The van der Waals surface area contributed by atoms with Crippen LogP contribution in [-0.4, -0.2) is 45.9 Å². The smallest absolute Gasteiger partial charge is 0.416 e. The Kier molecular flexibility index (Phi) is 15.2. The molecule has 268 valence electrons. The number of benzene rings is 4. The van der Waals surface area contributed by atoms with Crippen LogP contribution in [0.4, 0.5) is 26.3 Å². The number of carbonyl (C=O) groups is 2. The van der Waals surface area contributed by atoms with Crippen molar-refractivity contribution in [1.29, 1.82) is 0 Å². The Morgan fingerprint density at radius 2 is 1.14 bits per heavy atom. The molecule has 15 heteroatoms. The summed E-state index contributed by atoms with van der Waals surface area (Å²) in [4.78, 5) is 24.6. The number of halogens is 7. The molecule has 4 aromatic carbocycles. The Bertz CT molecular complexity index is 1690. The molecule has 4 aromatic rings. The minimum absolute atomic E-state index is 0.0770. The summed E-state index contributed by atoms with van der Waals surface area (Å²) in [6.07, 6.45) is -10.7. The highest BCUT2D eigenvalue weighted by molar-refractivity contribution is 7.99. The van der Waals surface area contributed by atoms with E-state index in [0.717, 1.165) is 63.9 Å². The maximum atomic E-state index is 12.5. The van der Waals surface area contributed by atoms with Gasteiger partial charge in [-0.3, -0.25) is 0 Å². The minimum Gasteiger partial charge on any atom is -0.479 e. The highest BCUT2D eigenvalue weighted by atomic mass is 35.5. The number of thioether (sulfide) groups is 2. The third kappa shape index (κ3) is 13.7. The maximum absolute atomic E-state index is 12.5. The van der Waals surface area contributed by atoms with Gasteiger partial charge in [0.05, 0.1) is 11.1 Å². The third-order valence-corrected chi connectivity index (χ3v) is 9.12. The summed E-state index contributed by atoms with van der Waals surface area (Å²) in [6, 6.07) is 22.8. The van der Waals surface area contributed by atoms with Gasteiger partial charge >= 0.3 is 24.3 Å². The van der Waals surface area contributed by atoms with E-state index in [2.05, 4.69) is 0 Å². The lowest BCUT2D eigenvalue weighted by Gasteiger charge is -2.16. The van der Waals surface area contributed by atoms with Gasteiger partial charge in [0.15, 0.2) is 12.2 Å². The molecule has 0 aliphatic heterocycles. The Morgan fingerprint density at radius 3 is 1.56 bits per heavy atom. The zero-order valence-corrected chi connectivity index (χ0v) is 28.6.